The fourth-order valence-electron chi connectivity index (χ4n) is 5.40. The standard InChI is InChI=1S/C30H39N3O4S/c1-20-3-6-28(26(15-20)27-19-38-30(31-27)33-13-7-23(8-14-33)29(35)36)37-18-24-5-4-22(16-21(24)2)17-32-11-9-25(34)10-12-32/h3-6,15-16,19,23,25,29,34-36H,7-14,17-18H2,1-2H3. The van der Waals surface area contributed by atoms with E-state index in [-0.39, 0.29) is 12.0 Å². The molecule has 2 saturated heterocycles. The van der Waals surface area contributed by atoms with Crippen LogP contribution in [0.3, 0.4) is 0 Å². The fourth-order valence-corrected chi connectivity index (χ4v) is 6.28. The third kappa shape index (κ3) is 6.55. The van der Waals surface area contributed by atoms with Crippen molar-refractivity contribution in [3.8, 4) is 17.0 Å². The van der Waals surface area contributed by atoms with Gasteiger partial charge in [-0.15, -0.1) is 11.3 Å². The Labute approximate surface area is 229 Å². The van der Waals surface area contributed by atoms with E-state index < -0.39 is 6.29 Å². The van der Waals surface area contributed by atoms with Gasteiger partial charge in [0.1, 0.15) is 12.4 Å². The number of piperidine rings is 2. The zero-order valence-electron chi connectivity index (χ0n) is 22.3. The van der Waals surface area contributed by atoms with Crippen LogP contribution in [0.1, 0.15) is 47.9 Å². The van der Waals surface area contributed by atoms with Crippen LogP contribution in [0.4, 0.5) is 5.13 Å². The molecule has 2 aliphatic rings. The minimum absolute atomic E-state index is 0.0567. The zero-order valence-corrected chi connectivity index (χ0v) is 23.2. The van der Waals surface area contributed by atoms with Gasteiger partial charge in [-0.25, -0.2) is 4.98 Å². The van der Waals surface area contributed by atoms with Crippen LogP contribution in [0.5, 0.6) is 5.75 Å². The second kappa shape index (κ2) is 12.1. The van der Waals surface area contributed by atoms with Crippen LogP contribution in [0.25, 0.3) is 11.3 Å². The quantitative estimate of drug-likeness (QED) is 0.365. The van der Waals surface area contributed by atoms with Gasteiger partial charge in [-0.3, -0.25) is 4.90 Å². The number of aliphatic hydroxyl groups excluding tert-OH is 2. The van der Waals surface area contributed by atoms with Crippen molar-refractivity contribution >= 4 is 16.5 Å². The molecule has 8 heteroatoms. The Bertz CT molecular complexity index is 1210. The van der Waals surface area contributed by atoms with Crippen molar-refractivity contribution in [1.29, 1.82) is 0 Å². The molecule has 0 atom stereocenters. The molecule has 0 unspecified atom stereocenters. The largest absolute Gasteiger partial charge is 0.488 e. The van der Waals surface area contributed by atoms with E-state index >= 15 is 0 Å². The first-order chi connectivity index (χ1) is 18.4. The van der Waals surface area contributed by atoms with E-state index in [4.69, 9.17) is 9.72 Å². The number of rotatable bonds is 8. The number of nitrogens with zero attached hydrogens (tertiary/aromatic N) is 3. The van der Waals surface area contributed by atoms with E-state index in [9.17, 15) is 15.3 Å². The lowest BCUT2D eigenvalue weighted by Gasteiger charge is -2.32. The summed E-state index contributed by atoms with van der Waals surface area (Å²) in [6.45, 7) is 9.09. The summed E-state index contributed by atoms with van der Waals surface area (Å²) in [4.78, 5) is 9.59. The van der Waals surface area contributed by atoms with E-state index in [0.717, 1.165) is 86.1 Å². The maximum atomic E-state index is 9.76. The summed E-state index contributed by atoms with van der Waals surface area (Å²) in [5.41, 5.74) is 6.75. The lowest BCUT2D eigenvalue weighted by atomic mass is 9.97. The molecule has 0 radical (unpaired) electrons. The van der Waals surface area contributed by atoms with Gasteiger partial charge >= 0.3 is 0 Å². The highest BCUT2D eigenvalue weighted by atomic mass is 32.1. The number of aliphatic hydroxyl groups is 3. The maximum Gasteiger partial charge on any atom is 0.185 e. The van der Waals surface area contributed by atoms with Crippen LogP contribution in [0.2, 0.25) is 0 Å². The number of benzene rings is 2. The van der Waals surface area contributed by atoms with Gasteiger partial charge in [0.2, 0.25) is 0 Å². The van der Waals surface area contributed by atoms with Crippen molar-refractivity contribution in [3.05, 3.63) is 64.0 Å². The molecule has 0 bridgehead atoms. The molecule has 0 amide bonds. The second-order valence-electron chi connectivity index (χ2n) is 10.8. The summed E-state index contributed by atoms with van der Waals surface area (Å²) in [5, 5.41) is 31.8. The van der Waals surface area contributed by atoms with Gasteiger partial charge in [-0.05, 0) is 68.4 Å². The number of aryl methyl sites for hydroxylation is 2. The Morgan fingerprint density at radius 2 is 1.76 bits per heavy atom. The predicted molar refractivity (Wildman–Crippen MR) is 151 cm³/mol. The van der Waals surface area contributed by atoms with Gasteiger partial charge < -0.3 is 25.0 Å². The molecule has 0 saturated carbocycles. The Hall–Kier alpha value is -2.49. The molecule has 2 aromatic carbocycles. The van der Waals surface area contributed by atoms with Crippen molar-refractivity contribution in [2.24, 2.45) is 5.92 Å². The van der Waals surface area contributed by atoms with E-state index in [1.54, 1.807) is 11.3 Å². The molecule has 2 fully saturated rings. The second-order valence-corrected chi connectivity index (χ2v) is 11.6. The SMILES string of the molecule is Cc1ccc(OCc2ccc(CN3CCC(O)CC3)cc2C)c(-c2csc(N3CCC(C(O)O)CC3)n2)c1. The van der Waals surface area contributed by atoms with Crippen molar-refractivity contribution in [1.82, 2.24) is 9.88 Å². The number of likely N-dealkylation sites (tertiary alicyclic amines) is 1. The van der Waals surface area contributed by atoms with E-state index in [2.05, 4.69) is 59.4 Å². The molecular weight excluding hydrogens is 498 g/mol. The third-order valence-corrected chi connectivity index (χ3v) is 8.79. The lowest BCUT2D eigenvalue weighted by molar-refractivity contribution is -0.0893. The molecule has 0 spiro atoms. The molecular formula is C30H39N3O4S. The van der Waals surface area contributed by atoms with E-state index in [1.807, 2.05) is 6.07 Å². The van der Waals surface area contributed by atoms with Crippen LogP contribution >= 0.6 is 11.3 Å². The summed E-state index contributed by atoms with van der Waals surface area (Å²) >= 11 is 1.62. The first kappa shape index (κ1) is 27.1. The number of ether oxygens (including phenoxy) is 1. The molecule has 7 nitrogen and oxygen atoms in total. The average Bonchev–Trinajstić information content (AvgIpc) is 3.40. The number of anilines is 1. The summed E-state index contributed by atoms with van der Waals surface area (Å²) in [7, 11) is 0. The van der Waals surface area contributed by atoms with Crippen molar-refractivity contribution in [3.63, 3.8) is 0 Å². The highest BCUT2D eigenvalue weighted by Gasteiger charge is 2.25. The summed E-state index contributed by atoms with van der Waals surface area (Å²) in [6, 6.07) is 12.9. The molecule has 1 aromatic heterocycles. The molecule has 5 rings (SSSR count). The Morgan fingerprint density at radius 1 is 1.00 bits per heavy atom. The Kier molecular flexibility index (Phi) is 8.65. The minimum Gasteiger partial charge on any atom is -0.488 e. The van der Waals surface area contributed by atoms with E-state index in [0.29, 0.717) is 6.61 Å². The van der Waals surface area contributed by atoms with Crippen LogP contribution in [0, 0.1) is 19.8 Å². The summed E-state index contributed by atoms with van der Waals surface area (Å²) in [6.07, 6.45) is 1.85. The van der Waals surface area contributed by atoms with Crippen molar-refractivity contribution in [2.75, 3.05) is 31.1 Å². The van der Waals surface area contributed by atoms with Gasteiger partial charge in [-0.1, -0.05) is 29.8 Å². The topological polar surface area (TPSA) is 89.3 Å². The summed E-state index contributed by atoms with van der Waals surface area (Å²) in [5.74, 6) is 0.767. The first-order valence-electron chi connectivity index (χ1n) is 13.6. The average molecular weight is 538 g/mol. The number of hydrogen-bond acceptors (Lipinski definition) is 8. The van der Waals surface area contributed by atoms with Gasteiger partial charge in [0.25, 0.3) is 0 Å². The van der Waals surface area contributed by atoms with Gasteiger partial charge in [0.05, 0.1) is 11.8 Å². The smallest absolute Gasteiger partial charge is 0.185 e. The van der Waals surface area contributed by atoms with Crippen LogP contribution in [-0.4, -0.2) is 63.8 Å². The highest BCUT2D eigenvalue weighted by Crippen LogP contribution is 2.36. The molecule has 2 aliphatic heterocycles. The van der Waals surface area contributed by atoms with Crippen molar-refractivity contribution in [2.45, 2.75) is 65.1 Å². The molecule has 3 N–H and O–H groups in total. The van der Waals surface area contributed by atoms with Gasteiger partial charge in [0.15, 0.2) is 11.4 Å². The number of aromatic nitrogens is 1. The van der Waals surface area contributed by atoms with Crippen LogP contribution in [0.15, 0.2) is 41.8 Å². The van der Waals surface area contributed by atoms with Crippen LogP contribution in [-0.2, 0) is 13.2 Å². The predicted octanol–water partition coefficient (Wildman–Crippen LogP) is 4.49. The normalized spacial score (nSPS) is 17.9. The monoisotopic (exact) mass is 537 g/mol. The third-order valence-electron chi connectivity index (χ3n) is 7.89. The first-order valence-corrected chi connectivity index (χ1v) is 14.5. The zero-order chi connectivity index (χ0) is 26.6. The number of hydrogen-bond donors (Lipinski definition) is 3. The Morgan fingerprint density at radius 3 is 2.47 bits per heavy atom. The van der Waals surface area contributed by atoms with Gasteiger partial charge in [-0.2, -0.15) is 0 Å². The molecule has 3 aromatic rings. The molecule has 38 heavy (non-hydrogen) atoms. The van der Waals surface area contributed by atoms with Crippen LogP contribution < -0.4 is 9.64 Å². The number of thiazole rings is 1. The lowest BCUT2D eigenvalue weighted by Crippen LogP contribution is -2.37. The maximum absolute atomic E-state index is 9.76. The molecule has 3 heterocycles. The van der Waals surface area contributed by atoms with Gasteiger partial charge in [0, 0.05) is 49.6 Å². The fraction of sp³-hybridized carbons (Fsp3) is 0.500. The molecule has 204 valence electrons. The van der Waals surface area contributed by atoms with Crippen molar-refractivity contribution < 1.29 is 20.1 Å². The van der Waals surface area contributed by atoms with E-state index in [1.165, 1.54) is 16.7 Å². The molecule has 0 aliphatic carbocycles. The Balaban J connectivity index is 1.24. The minimum atomic E-state index is -1.24. The highest BCUT2D eigenvalue weighted by molar-refractivity contribution is 7.14. The summed E-state index contributed by atoms with van der Waals surface area (Å²) < 4.78 is 6.37.